The van der Waals surface area contributed by atoms with Gasteiger partial charge in [0, 0.05) is 0 Å². The average Bonchev–Trinajstić information content (AvgIpc) is 1.68. The monoisotopic (exact) mass is 124 g/mol. The molecule has 0 aromatic rings. The van der Waals surface area contributed by atoms with Crippen LogP contribution < -0.4 is 0 Å². The third kappa shape index (κ3) is 2.98. The molecule has 0 bridgehead atoms. The Bertz CT molecular complexity index is 47.7. The molecule has 3 heteroatoms. The van der Waals surface area contributed by atoms with Crippen molar-refractivity contribution in [3.63, 3.8) is 0 Å². The van der Waals surface area contributed by atoms with Crippen molar-refractivity contribution in [2.75, 3.05) is 27.5 Å². The Hall–Kier alpha value is 0.350. The van der Waals surface area contributed by atoms with Gasteiger partial charge >= 0.3 is 44.3 Å². The molecule has 0 aromatic heterocycles. The van der Waals surface area contributed by atoms with Crippen molar-refractivity contribution in [1.82, 2.24) is 0 Å². The van der Waals surface area contributed by atoms with Crippen molar-refractivity contribution in [3.05, 3.63) is 0 Å². The summed E-state index contributed by atoms with van der Waals surface area (Å²) >= 11 is 0. The fourth-order valence-corrected chi connectivity index (χ4v) is 0.250. The molecule has 2 nitrogen and oxygen atoms in total. The van der Waals surface area contributed by atoms with Crippen LogP contribution in [0.5, 0.6) is 0 Å². The predicted molar refractivity (Wildman–Crippen MR) is 34.2 cm³/mol. The van der Waals surface area contributed by atoms with Gasteiger partial charge in [0.1, 0.15) is 0 Å². The molecule has 0 radical (unpaired) electrons. The molecule has 0 amide bonds. The van der Waals surface area contributed by atoms with Crippen LogP contribution in [0.2, 0.25) is 0 Å². The Morgan fingerprint density at radius 2 is 1.29 bits per heavy atom. The maximum absolute atomic E-state index is 5.00. The van der Waals surface area contributed by atoms with Gasteiger partial charge in [0.15, 0.2) is 0 Å². The van der Waals surface area contributed by atoms with E-state index in [2.05, 4.69) is 0 Å². The minimum atomic E-state index is -1.65. The molecule has 0 saturated carbocycles. The average molecular weight is 124 g/mol. The van der Waals surface area contributed by atoms with E-state index in [-0.39, 0.29) is 0 Å². The summed E-state index contributed by atoms with van der Waals surface area (Å²) in [4.78, 5) is 0. The van der Waals surface area contributed by atoms with Gasteiger partial charge in [-0.25, -0.2) is 0 Å². The first-order valence-corrected chi connectivity index (χ1v) is 5.04. The first-order valence-electron chi connectivity index (χ1n) is 2.22. The molecule has 0 atom stereocenters. The zero-order chi connectivity index (χ0) is 5.91. The normalized spacial score (nSPS) is 14.3. The molecular formula is C4H13O2P. The number of hydrogen-bond donors (Lipinski definition) is 0. The van der Waals surface area contributed by atoms with E-state index >= 15 is 0 Å². The molecule has 0 aliphatic carbocycles. The molecule has 0 unspecified atom stereocenters. The van der Waals surface area contributed by atoms with Crippen LogP contribution in [0.4, 0.5) is 0 Å². The van der Waals surface area contributed by atoms with Gasteiger partial charge in [-0.15, -0.1) is 0 Å². The van der Waals surface area contributed by atoms with Crippen LogP contribution in [0.15, 0.2) is 0 Å². The summed E-state index contributed by atoms with van der Waals surface area (Å²) in [7, 11) is 1.70. The van der Waals surface area contributed by atoms with Gasteiger partial charge in [0.2, 0.25) is 0 Å². The maximum atomic E-state index is 5.00. The summed E-state index contributed by atoms with van der Waals surface area (Å²) in [6.07, 6.45) is 0. The van der Waals surface area contributed by atoms with E-state index in [1.165, 1.54) is 0 Å². The van der Waals surface area contributed by atoms with E-state index in [9.17, 15) is 0 Å². The molecule has 0 heterocycles. The Morgan fingerprint density at radius 3 is 1.29 bits per heavy atom. The molecule has 0 saturated heterocycles. The first kappa shape index (κ1) is 7.35. The van der Waals surface area contributed by atoms with E-state index in [1.807, 2.05) is 13.3 Å². The summed E-state index contributed by atoms with van der Waals surface area (Å²) < 4.78 is 10.0. The standard InChI is InChI=1S/C4H13O2P/c1-5-7(3,4)6-2/h7H,1-4H3. The van der Waals surface area contributed by atoms with E-state index in [4.69, 9.17) is 9.05 Å². The Morgan fingerprint density at radius 1 is 1.00 bits per heavy atom. The van der Waals surface area contributed by atoms with Crippen molar-refractivity contribution < 1.29 is 9.05 Å². The summed E-state index contributed by atoms with van der Waals surface area (Å²) in [5.41, 5.74) is 0. The Balaban J connectivity index is 3.36. The summed E-state index contributed by atoms with van der Waals surface area (Å²) in [6.45, 7) is 3.99. The first-order chi connectivity index (χ1) is 3.12. The van der Waals surface area contributed by atoms with Gasteiger partial charge in [-0.2, -0.15) is 0 Å². The van der Waals surface area contributed by atoms with Gasteiger partial charge in [0.05, 0.1) is 0 Å². The quantitative estimate of drug-likeness (QED) is 0.513. The van der Waals surface area contributed by atoms with Gasteiger partial charge in [-0.3, -0.25) is 0 Å². The van der Waals surface area contributed by atoms with Gasteiger partial charge < -0.3 is 0 Å². The molecule has 0 aromatic carbocycles. The molecule has 0 spiro atoms. The van der Waals surface area contributed by atoms with Crippen LogP contribution in [0.3, 0.4) is 0 Å². The van der Waals surface area contributed by atoms with Crippen LogP contribution >= 0.6 is 7.72 Å². The van der Waals surface area contributed by atoms with E-state index in [1.54, 1.807) is 14.2 Å². The fraction of sp³-hybridized carbons (Fsp3) is 1.00. The van der Waals surface area contributed by atoms with Crippen LogP contribution in [0.25, 0.3) is 0 Å². The molecule has 0 fully saturated rings. The topological polar surface area (TPSA) is 18.5 Å². The van der Waals surface area contributed by atoms with Crippen LogP contribution in [-0.4, -0.2) is 27.5 Å². The van der Waals surface area contributed by atoms with Gasteiger partial charge in [0.25, 0.3) is 0 Å². The Labute approximate surface area is 45.3 Å². The Kier molecular flexibility index (Phi) is 2.74. The van der Waals surface area contributed by atoms with E-state index in [0.717, 1.165) is 0 Å². The van der Waals surface area contributed by atoms with Crippen LogP contribution in [0.1, 0.15) is 0 Å². The zero-order valence-electron chi connectivity index (χ0n) is 5.32. The number of rotatable bonds is 2. The van der Waals surface area contributed by atoms with Gasteiger partial charge in [-0.05, 0) is 0 Å². The van der Waals surface area contributed by atoms with Gasteiger partial charge in [-0.1, -0.05) is 0 Å². The zero-order valence-corrected chi connectivity index (χ0v) is 6.32. The third-order valence-corrected chi connectivity index (χ3v) is 2.95. The summed E-state index contributed by atoms with van der Waals surface area (Å²) in [5, 5.41) is 0. The molecule has 0 aliphatic heterocycles. The molecule has 0 N–H and O–H groups in total. The fourth-order valence-electron chi connectivity index (χ4n) is 0.0833. The van der Waals surface area contributed by atoms with E-state index < -0.39 is 7.72 Å². The predicted octanol–water partition coefficient (Wildman–Crippen LogP) is 1.12. The van der Waals surface area contributed by atoms with Crippen LogP contribution in [-0.2, 0) is 9.05 Å². The van der Waals surface area contributed by atoms with Crippen molar-refractivity contribution in [3.8, 4) is 0 Å². The van der Waals surface area contributed by atoms with Crippen molar-refractivity contribution in [2.45, 2.75) is 0 Å². The van der Waals surface area contributed by atoms with Crippen LogP contribution in [0, 0.1) is 0 Å². The summed E-state index contributed by atoms with van der Waals surface area (Å²) in [5.74, 6) is 0. The SMILES string of the molecule is CO[PH](C)(C)OC. The molecular weight excluding hydrogens is 111 g/mol. The molecule has 46 valence electrons. The second kappa shape index (κ2) is 2.61. The van der Waals surface area contributed by atoms with E-state index in [0.29, 0.717) is 0 Å². The molecule has 0 aliphatic rings. The minimum absolute atomic E-state index is 1.65. The van der Waals surface area contributed by atoms with Crippen molar-refractivity contribution >= 4 is 7.72 Å². The second-order valence-electron chi connectivity index (χ2n) is 1.81. The van der Waals surface area contributed by atoms with Crippen molar-refractivity contribution in [2.24, 2.45) is 0 Å². The third-order valence-electron chi connectivity index (χ3n) is 0.983. The molecule has 7 heavy (non-hydrogen) atoms. The summed E-state index contributed by atoms with van der Waals surface area (Å²) in [6, 6.07) is 0. The second-order valence-corrected chi connectivity index (χ2v) is 5.42. The number of hydrogen-bond acceptors (Lipinski definition) is 2. The van der Waals surface area contributed by atoms with Crippen molar-refractivity contribution in [1.29, 1.82) is 0 Å². The molecule has 0 rings (SSSR count).